The summed E-state index contributed by atoms with van der Waals surface area (Å²) in [6, 6.07) is 25.0. The molecule has 4 aromatic rings. The summed E-state index contributed by atoms with van der Waals surface area (Å²) in [5.74, 6) is 0.940. The molecular weight excluding hydrogens is 428 g/mol. The molecule has 3 aromatic carbocycles. The maximum absolute atomic E-state index is 10.1. The van der Waals surface area contributed by atoms with Gasteiger partial charge in [0.2, 0.25) is 5.11 Å². The largest absolute Gasteiger partial charge is 0.508 e. The topological polar surface area (TPSA) is 62.8 Å². The molecule has 5 nitrogen and oxygen atoms in total. The molecule has 0 unspecified atom stereocenters. The molecular formula is C27H22N4OS. The van der Waals surface area contributed by atoms with Crippen LogP contribution in [0.5, 0.6) is 5.75 Å². The summed E-state index contributed by atoms with van der Waals surface area (Å²) in [6.07, 6.45) is 2.04. The lowest BCUT2D eigenvalue weighted by molar-refractivity contribution is 0.476. The normalized spacial score (nSPS) is 14.2. The van der Waals surface area contributed by atoms with Gasteiger partial charge in [-0.15, -0.1) is 0 Å². The van der Waals surface area contributed by atoms with Crippen molar-refractivity contribution in [3.63, 3.8) is 0 Å². The molecule has 0 radical (unpaired) electrons. The lowest BCUT2D eigenvalue weighted by Gasteiger charge is -2.28. The first-order valence-electron chi connectivity index (χ1n) is 10.7. The van der Waals surface area contributed by atoms with Gasteiger partial charge >= 0.3 is 0 Å². The van der Waals surface area contributed by atoms with E-state index in [-0.39, 0.29) is 11.8 Å². The molecule has 0 saturated heterocycles. The van der Waals surface area contributed by atoms with Gasteiger partial charge in [0, 0.05) is 6.07 Å². The quantitative estimate of drug-likeness (QED) is 0.389. The highest BCUT2D eigenvalue weighted by atomic mass is 32.1. The van der Waals surface area contributed by atoms with E-state index in [9.17, 15) is 5.11 Å². The van der Waals surface area contributed by atoms with Gasteiger partial charge in [-0.25, -0.2) is 15.0 Å². The van der Waals surface area contributed by atoms with E-state index < -0.39 is 0 Å². The standard InChI is InChI=1S/C27H22N4OS/c1-17(2)15-23-28-21-16-20(32)13-14-22(21)31(23)26-24(18-9-5-3-6-10-18)29-27(33)30-25(26)19-11-7-4-8-12-19/h3-16,26,32H,1-2H3. The van der Waals surface area contributed by atoms with Crippen LogP contribution in [0.3, 0.4) is 0 Å². The predicted molar refractivity (Wildman–Crippen MR) is 138 cm³/mol. The van der Waals surface area contributed by atoms with Crippen LogP contribution in [0.2, 0.25) is 0 Å². The number of aliphatic imine (C=N–C) groups is 2. The van der Waals surface area contributed by atoms with Crippen molar-refractivity contribution in [3.05, 3.63) is 101 Å². The maximum atomic E-state index is 10.1. The van der Waals surface area contributed by atoms with Crippen LogP contribution in [0.15, 0.2) is 94.4 Å². The summed E-state index contributed by atoms with van der Waals surface area (Å²) in [4.78, 5) is 14.4. The summed E-state index contributed by atoms with van der Waals surface area (Å²) in [5.41, 5.74) is 6.25. The highest BCUT2D eigenvalue weighted by molar-refractivity contribution is 7.80. The van der Waals surface area contributed by atoms with Gasteiger partial charge in [0.25, 0.3) is 0 Å². The molecule has 1 aliphatic heterocycles. The highest BCUT2D eigenvalue weighted by Crippen LogP contribution is 2.32. The third kappa shape index (κ3) is 4.01. The number of rotatable bonds is 4. The van der Waals surface area contributed by atoms with Crippen molar-refractivity contribution in [2.24, 2.45) is 9.98 Å². The highest BCUT2D eigenvalue weighted by Gasteiger charge is 2.33. The van der Waals surface area contributed by atoms with Crippen LogP contribution in [0.25, 0.3) is 17.1 Å². The van der Waals surface area contributed by atoms with Gasteiger partial charge in [-0.3, -0.25) is 0 Å². The summed E-state index contributed by atoms with van der Waals surface area (Å²) in [7, 11) is 0. The maximum Gasteiger partial charge on any atom is 0.219 e. The van der Waals surface area contributed by atoms with Gasteiger partial charge < -0.3 is 9.67 Å². The van der Waals surface area contributed by atoms with Crippen LogP contribution >= 0.6 is 12.2 Å². The van der Waals surface area contributed by atoms with E-state index in [1.165, 1.54) is 0 Å². The van der Waals surface area contributed by atoms with E-state index in [4.69, 9.17) is 27.2 Å². The second-order valence-electron chi connectivity index (χ2n) is 8.15. The van der Waals surface area contributed by atoms with Crippen molar-refractivity contribution >= 4 is 45.9 Å². The smallest absolute Gasteiger partial charge is 0.219 e. The zero-order chi connectivity index (χ0) is 22.9. The van der Waals surface area contributed by atoms with E-state index in [0.29, 0.717) is 10.6 Å². The van der Waals surface area contributed by atoms with Gasteiger partial charge in [0.05, 0.1) is 22.5 Å². The Morgan fingerprint density at radius 2 is 1.45 bits per heavy atom. The van der Waals surface area contributed by atoms with Crippen molar-refractivity contribution in [2.75, 3.05) is 0 Å². The molecule has 162 valence electrons. The number of imidazole rings is 1. The van der Waals surface area contributed by atoms with Crippen molar-refractivity contribution < 1.29 is 5.11 Å². The van der Waals surface area contributed by atoms with E-state index in [1.54, 1.807) is 12.1 Å². The molecule has 0 saturated carbocycles. The van der Waals surface area contributed by atoms with Crippen LogP contribution in [0.4, 0.5) is 0 Å². The molecule has 0 atom stereocenters. The van der Waals surface area contributed by atoms with E-state index in [0.717, 1.165) is 39.5 Å². The number of nitrogens with zero attached hydrogens (tertiary/aromatic N) is 4. The predicted octanol–water partition coefficient (Wildman–Crippen LogP) is 5.98. The number of hydrogen-bond acceptors (Lipinski definition) is 3. The van der Waals surface area contributed by atoms with Crippen molar-refractivity contribution in [1.29, 1.82) is 0 Å². The van der Waals surface area contributed by atoms with Crippen LogP contribution in [-0.4, -0.2) is 31.2 Å². The number of hydrogen-bond donors (Lipinski definition) is 1. The Labute approximate surface area is 197 Å². The molecule has 6 heteroatoms. The molecule has 2 heterocycles. The minimum absolute atomic E-state index is 0.176. The Bertz CT molecular complexity index is 1390. The first kappa shape index (κ1) is 21.0. The third-order valence-electron chi connectivity index (χ3n) is 5.47. The van der Waals surface area contributed by atoms with Gasteiger partial charge in [0.15, 0.2) is 0 Å². The fourth-order valence-electron chi connectivity index (χ4n) is 4.13. The van der Waals surface area contributed by atoms with Gasteiger partial charge in [-0.2, -0.15) is 0 Å². The van der Waals surface area contributed by atoms with E-state index in [2.05, 4.69) is 4.57 Å². The Hall–Kier alpha value is -3.90. The molecule has 1 N–H and O–H groups in total. The molecule has 1 aromatic heterocycles. The molecule has 0 bridgehead atoms. The fourth-order valence-corrected chi connectivity index (χ4v) is 4.32. The summed E-state index contributed by atoms with van der Waals surface area (Å²) < 4.78 is 2.14. The van der Waals surface area contributed by atoms with E-state index in [1.807, 2.05) is 86.7 Å². The van der Waals surface area contributed by atoms with Crippen molar-refractivity contribution in [2.45, 2.75) is 19.9 Å². The van der Waals surface area contributed by atoms with Crippen molar-refractivity contribution in [1.82, 2.24) is 9.55 Å². The van der Waals surface area contributed by atoms with Gasteiger partial charge in [0.1, 0.15) is 17.6 Å². The Morgan fingerprint density at radius 1 is 0.879 bits per heavy atom. The number of aromatic nitrogens is 2. The Kier molecular flexibility index (Phi) is 5.44. The summed E-state index contributed by atoms with van der Waals surface area (Å²) in [6.45, 7) is 4.07. The minimum Gasteiger partial charge on any atom is -0.508 e. The van der Waals surface area contributed by atoms with Gasteiger partial charge in [-0.05, 0) is 55.4 Å². The molecule has 0 fully saturated rings. The Balaban J connectivity index is 1.84. The van der Waals surface area contributed by atoms with E-state index >= 15 is 0 Å². The lowest BCUT2D eigenvalue weighted by atomic mass is 9.93. The average molecular weight is 451 g/mol. The molecule has 33 heavy (non-hydrogen) atoms. The van der Waals surface area contributed by atoms with Crippen LogP contribution < -0.4 is 0 Å². The summed E-state index contributed by atoms with van der Waals surface area (Å²) >= 11 is 5.51. The second-order valence-corrected chi connectivity index (χ2v) is 8.51. The Morgan fingerprint density at radius 3 is 2.00 bits per heavy atom. The van der Waals surface area contributed by atoms with Crippen molar-refractivity contribution in [3.8, 4) is 5.75 Å². The summed E-state index contributed by atoms with van der Waals surface area (Å²) in [5, 5.41) is 10.4. The number of phenols is 1. The molecule has 0 amide bonds. The zero-order valence-electron chi connectivity index (χ0n) is 18.3. The van der Waals surface area contributed by atoms with Gasteiger partial charge in [-0.1, -0.05) is 66.2 Å². The van der Waals surface area contributed by atoms with Crippen LogP contribution in [0, 0.1) is 0 Å². The lowest BCUT2D eigenvalue weighted by Crippen LogP contribution is -2.33. The molecule has 5 rings (SSSR count). The second kappa shape index (κ2) is 8.56. The molecule has 1 aliphatic rings. The number of fused-ring (bicyclic) bond motifs is 1. The number of aromatic hydroxyl groups is 1. The van der Waals surface area contributed by atoms with Crippen LogP contribution in [0.1, 0.15) is 36.8 Å². The number of allylic oxidation sites excluding steroid dienone is 1. The number of thiocarbonyl (C=S) groups is 1. The molecule has 0 aliphatic carbocycles. The average Bonchev–Trinajstić information content (AvgIpc) is 3.15. The molecule has 0 spiro atoms. The monoisotopic (exact) mass is 450 g/mol. The number of phenolic OH excluding ortho intramolecular Hbond substituents is 1. The zero-order valence-corrected chi connectivity index (χ0v) is 19.1. The first-order chi connectivity index (χ1) is 16.0. The van der Waals surface area contributed by atoms with Crippen LogP contribution in [-0.2, 0) is 0 Å². The minimum atomic E-state index is -0.360. The SMILES string of the molecule is CC(C)=Cc1nc2cc(O)ccc2n1C1C(c2ccccc2)=NC(=S)N=C1c1ccccc1. The third-order valence-corrected chi connectivity index (χ3v) is 5.65. The number of benzene rings is 3. The fraction of sp³-hybridized carbons (Fsp3) is 0.111. The first-order valence-corrected chi connectivity index (χ1v) is 11.1.